The highest BCUT2D eigenvalue weighted by atomic mass is 15.1. The van der Waals surface area contributed by atoms with Crippen molar-refractivity contribution in [2.24, 2.45) is 0 Å². The highest BCUT2D eigenvalue weighted by molar-refractivity contribution is 5.58. The number of nitrogens with one attached hydrogen (secondary N) is 1. The Morgan fingerprint density at radius 1 is 1.41 bits per heavy atom. The molecule has 0 atom stereocenters. The molecule has 0 unspecified atom stereocenters. The second-order valence-electron chi connectivity index (χ2n) is 4.49. The molecule has 0 saturated carbocycles. The van der Waals surface area contributed by atoms with Crippen molar-refractivity contribution in [3.63, 3.8) is 0 Å². The summed E-state index contributed by atoms with van der Waals surface area (Å²) in [4.78, 5) is 2.32. The molecule has 90 valence electrons. The molecule has 1 aliphatic rings. The molecule has 1 aromatic rings. The van der Waals surface area contributed by atoms with Gasteiger partial charge in [-0.05, 0) is 30.5 Å². The van der Waals surface area contributed by atoms with Gasteiger partial charge >= 0.3 is 0 Å². The highest BCUT2D eigenvalue weighted by Crippen LogP contribution is 2.27. The molecule has 0 radical (unpaired) electrons. The average molecular weight is 228 g/mol. The second kappa shape index (κ2) is 5.75. The Morgan fingerprint density at radius 3 is 3.12 bits per heavy atom. The van der Waals surface area contributed by atoms with Gasteiger partial charge in [-0.25, -0.2) is 0 Å². The predicted molar refractivity (Wildman–Crippen MR) is 73.2 cm³/mol. The van der Waals surface area contributed by atoms with Crippen LogP contribution in [-0.4, -0.2) is 20.1 Å². The first-order valence-electron chi connectivity index (χ1n) is 6.24. The van der Waals surface area contributed by atoms with E-state index in [2.05, 4.69) is 47.3 Å². The summed E-state index contributed by atoms with van der Waals surface area (Å²) in [6.07, 6.45) is 2.12. The summed E-state index contributed by atoms with van der Waals surface area (Å²) in [6, 6.07) is 6.79. The number of fused-ring (bicyclic) bond motifs is 1. The Hall–Kier alpha value is -1.46. The summed E-state index contributed by atoms with van der Waals surface area (Å²) in [5, 5.41) is 3.42. The van der Waals surface area contributed by atoms with Gasteiger partial charge in [0, 0.05) is 38.8 Å². The van der Waals surface area contributed by atoms with Crippen LogP contribution in [0.25, 0.3) is 0 Å². The Kier molecular flexibility index (Phi) is 4.06. The summed E-state index contributed by atoms with van der Waals surface area (Å²) < 4.78 is 0. The van der Waals surface area contributed by atoms with Gasteiger partial charge in [0.05, 0.1) is 0 Å². The largest absolute Gasteiger partial charge is 0.374 e. The maximum Gasteiger partial charge on any atom is 0.0397 e. The van der Waals surface area contributed by atoms with Gasteiger partial charge in [0.15, 0.2) is 0 Å². The summed E-state index contributed by atoms with van der Waals surface area (Å²) in [5.41, 5.74) is 4.26. The average Bonchev–Trinajstić information content (AvgIpc) is 2.71. The fourth-order valence-electron chi connectivity index (χ4n) is 2.24. The monoisotopic (exact) mass is 228 g/mol. The number of rotatable bonds is 4. The van der Waals surface area contributed by atoms with Gasteiger partial charge in [0.1, 0.15) is 0 Å². The zero-order chi connectivity index (χ0) is 12.1. The minimum Gasteiger partial charge on any atom is -0.374 e. The van der Waals surface area contributed by atoms with Gasteiger partial charge in [-0.15, -0.1) is 11.8 Å². The van der Waals surface area contributed by atoms with E-state index in [1.807, 2.05) is 6.92 Å². The van der Waals surface area contributed by atoms with Crippen LogP contribution in [0, 0.1) is 11.8 Å². The van der Waals surface area contributed by atoms with Gasteiger partial charge in [0.2, 0.25) is 0 Å². The van der Waals surface area contributed by atoms with Gasteiger partial charge in [-0.1, -0.05) is 12.1 Å². The third-order valence-electron chi connectivity index (χ3n) is 3.20. The molecule has 1 aromatic carbocycles. The molecule has 2 heteroatoms. The Balaban J connectivity index is 1.87. The van der Waals surface area contributed by atoms with Crippen molar-refractivity contribution in [2.45, 2.75) is 26.3 Å². The van der Waals surface area contributed by atoms with Crippen molar-refractivity contribution >= 4 is 5.69 Å². The van der Waals surface area contributed by atoms with E-state index in [0.717, 1.165) is 26.1 Å². The lowest BCUT2D eigenvalue weighted by Crippen LogP contribution is -2.14. The lowest BCUT2D eigenvalue weighted by Gasteiger charge is -2.12. The molecular formula is C15H20N2. The zero-order valence-corrected chi connectivity index (χ0v) is 10.7. The molecule has 0 amide bonds. The molecule has 17 heavy (non-hydrogen) atoms. The van der Waals surface area contributed by atoms with Crippen molar-refractivity contribution in [2.75, 3.05) is 25.0 Å². The number of anilines is 1. The molecule has 0 aliphatic carbocycles. The van der Waals surface area contributed by atoms with Crippen molar-refractivity contribution in [3.8, 4) is 11.8 Å². The fraction of sp³-hybridized carbons (Fsp3) is 0.467. The van der Waals surface area contributed by atoms with Crippen LogP contribution < -0.4 is 10.2 Å². The van der Waals surface area contributed by atoms with E-state index in [9.17, 15) is 0 Å². The number of hydrogen-bond donors (Lipinski definition) is 1. The summed E-state index contributed by atoms with van der Waals surface area (Å²) in [5.74, 6) is 5.97. The molecule has 0 fully saturated rings. The van der Waals surface area contributed by atoms with Crippen LogP contribution in [0.3, 0.4) is 0 Å². The highest BCUT2D eigenvalue weighted by Gasteiger charge is 2.14. The maximum atomic E-state index is 3.42. The van der Waals surface area contributed by atoms with Crippen molar-refractivity contribution in [1.82, 2.24) is 5.32 Å². The van der Waals surface area contributed by atoms with Crippen LogP contribution in [0.5, 0.6) is 0 Å². The molecule has 0 aromatic heterocycles. The van der Waals surface area contributed by atoms with Gasteiger partial charge in [-0.2, -0.15) is 0 Å². The third-order valence-corrected chi connectivity index (χ3v) is 3.20. The van der Waals surface area contributed by atoms with E-state index in [-0.39, 0.29) is 0 Å². The van der Waals surface area contributed by atoms with E-state index in [0.29, 0.717) is 0 Å². The number of hydrogen-bond acceptors (Lipinski definition) is 2. The minimum atomic E-state index is 0.935. The van der Waals surface area contributed by atoms with E-state index < -0.39 is 0 Å². The second-order valence-corrected chi connectivity index (χ2v) is 4.49. The minimum absolute atomic E-state index is 0.935. The molecule has 0 spiro atoms. The molecule has 2 nitrogen and oxygen atoms in total. The summed E-state index contributed by atoms with van der Waals surface area (Å²) in [6.45, 7) is 4.95. The number of nitrogens with zero attached hydrogens (tertiary/aromatic N) is 1. The molecule has 0 saturated heterocycles. The lowest BCUT2D eigenvalue weighted by molar-refractivity contribution is 0.701. The topological polar surface area (TPSA) is 15.3 Å². The number of likely N-dealkylation sites (N-methyl/N-ethyl adjacent to an activating group) is 1. The normalized spacial score (nSPS) is 13.2. The standard InChI is InChI=1S/C15H20N2/c1-3-4-5-9-16-12-13-6-7-15-14(11-13)8-10-17(15)2/h6-7,11,16H,5,8-10,12H2,1-2H3. The van der Waals surface area contributed by atoms with Crippen LogP contribution in [0.4, 0.5) is 5.69 Å². The first-order valence-corrected chi connectivity index (χ1v) is 6.24. The molecule has 1 N–H and O–H groups in total. The fourth-order valence-corrected chi connectivity index (χ4v) is 2.24. The molecule has 2 rings (SSSR count). The van der Waals surface area contributed by atoms with Crippen LogP contribution in [0.1, 0.15) is 24.5 Å². The Bertz CT molecular complexity index is 440. The van der Waals surface area contributed by atoms with Crippen molar-refractivity contribution in [1.29, 1.82) is 0 Å². The summed E-state index contributed by atoms with van der Waals surface area (Å²) in [7, 11) is 2.16. The van der Waals surface area contributed by atoms with E-state index in [1.54, 1.807) is 0 Å². The Labute approximate surface area is 104 Å². The maximum absolute atomic E-state index is 3.42. The third kappa shape index (κ3) is 3.01. The van der Waals surface area contributed by atoms with Crippen LogP contribution >= 0.6 is 0 Å². The first kappa shape index (κ1) is 12.0. The quantitative estimate of drug-likeness (QED) is 0.627. The molecule has 0 bridgehead atoms. The van der Waals surface area contributed by atoms with E-state index in [1.165, 1.54) is 23.2 Å². The van der Waals surface area contributed by atoms with Crippen LogP contribution in [-0.2, 0) is 13.0 Å². The lowest BCUT2D eigenvalue weighted by atomic mass is 10.1. The molecule has 1 aliphatic heterocycles. The number of benzene rings is 1. The predicted octanol–water partition coefficient (Wildman–Crippen LogP) is 2.18. The van der Waals surface area contributed by atoms with E-state index >= 15 is 0 Å². The van der Waals surface area contributed by atoms with Crippen molar-refractivity contribution < 1.29 is 0 Å². The van der Waals surface area contributed by atoms with Gasteiger partial charge in [0.25, 0.3) is 0 Å². The molecule has 1 heterocycles. The van der Waals surface area contributed by atoms with Crippen LogP contribution in [0.15, 0.2) is 18.2 Å². The smallest absolute Gasteiger partial charge is 0.0397 e. The SMILES string of the molecule is CC#CCCNCc1ccc2c(c1)CCN2C. The Morgan fingerprint density at radius 2 is 2.29 bits per heavy atom. The van der Waals surface area contributed by atoms with E-state index in [4.69, 9.17) is 0 Å². The van der Waals surface area contributed by atoms with Crippen LogP contribution in [0.2, 0.25) is 0 Å². The van der Waals surface area contributed by atoms with Gasteiger partial charge in [-0.3, -0.25) is 0 Å². The zero-order valence-electron chi connectivity index (χ0n) is 10.7. The molecular weight excluding hydrogens is 208 g/mol. The van der Waals surface area contributed by atoms with Crippen molar-refractivity contribution in [3.05, 3.63) is 29.3 Å². The summed E-state index contributed by atoms with van der Waals surface area (Å²) >= 11 is 0. The first-order chi connectivity index (χ1) is 8.31. The van der Waals surface area contributed by atoms with Gasteiger partial charge < -0.3 is 10.2 Å².